The highest BCUT2D eigenvalue weighted by Crippen LogP contribution is 2.36. The molecule has 3 rings (SSSR count). The van der Waals surface area contributed by atoms with Crippen molar-refractivity contribution in [1.82, 2.24) is 5.32 Å². The zero-order valence-electron chi connectivity index (χ0n) is 8.46. The van der Waals surface area contributed by atoms with Gasteiger partial charge in [0.2, 0.25) is 0 Å². The van der Waals surface area contributed by atoms with Gasteiger partial charge in [0.15, 0.2) is 5.78 Å². The second-order valence-corrected chi connectivity index (χ2v) is 4.57. The van der Waals surface area contributed by atoms with E-state index >= 15 is 0 Å². The molecule has 3 nitrogen and oxygen atoms in total. The number of carbonyl (C=O) groups excluding carboxylic acids is 1. The van der Waals surface area contributed by atoms with E-state index in [1.54, 1.807) is 18.2 Å². The van der Waals surface area contributed by atoms with E-state index in [-0.39, 0.29) is 23.8 Å². The molecule has 2 aliphatic rings. The van der Waals surface area contributed by atoms with Gasteiger partial charge in [-0.05, 0) is 18.2 Å². The molecule has 0 radical (unpaired) electrons. The van der Waals surface area contributed by atoms with Gasteiger partial charge in [-0.2, -0.15) is 0 Å². The first-order valence-electron chi connectivity index (χ1n) is 4.91. The number of carbonyl (C=O) groups is 1. The SMILES string of the molecule is Cl.O=C1CC2(CNC2)Oc2cc(Cl)ccc21. The fourth-order valence-electron chi connectivity index (χ4n) is 2.07. The molecule has 1 fully saturated rings. The molecule has 1 aromatic carbocycles. The smallest absolute Gasteiger partial charge is 0.170 e. The number of hydrogen-bond donors (Lipinski definition) is 1. The van der Waals surface area contributed by atoms with Crippen LogP contribution in [0, 0.1) is 0 Å². The maximum Gasteiger partial charge on any atom is 0.170 e. The first-order valence-corrected chi connectivity index (χ1v) is 5.29. The summed E-state index contributed by atoms with van der Waals surface area (Å²) >= 11 is 5.87. The lowest BCUT2D eigenvalue weighted by atomic mass is 9.85. The summed E-state index contributed by atoms with van der Waals surface area (Å²) in [6, 6.07) is 5.17. The highest BCUT2D eigenvalue weighted by molar-refractivity contribution is 6.30. The Labute approximate surface area is 105 Å². The number of fused-ring (bicyclic) bond motifs is 1. The molecule has 0 aliphatic carbocycles. The molecule has 0 bridgehead atoms. The van der Waals surface area contributed by atoms with Crippen molar-refractivity contribution >= 4 is 29.8 Å². The zero-order chi connectivity index (χ0) is 10.5. The summed E-state index contributed by atoms with van der Waals surface area (Å²) in [7, 11) is 0. The Morgan fingerprint density at radius 3 is 2.75 bits per heavy atom. The van der Waals surface area contributed by atoms with Crippen molar-refractivity contribution in [3.8, 4) is 5.75 Å². The van der Waals surface area contributed by atoms with Crippen LogP contribution in [0.3, 0.4) is 0 Å². The van der Waals surface area contributed by atoms with E-state index < -0.39 is 0 Å². The number of rotatable bonds is 0. The third-order valence-electron chi connectivity index (χ3n) is 2.95. The Hall–Kier alpha value is -0.770. The summed E-state index contributed by atoms with van der Waals surface area (Å²) in [5.74, 6) is 0.773. The molecule has 2 heterocycles. The molecule has 2 aliphatic heterocycles. The van der Waals surface area contributed by atoms with E-state index in [0.29, 0.717) is 22.8 Å². The van der Waals surface area contributed by atoms with Gasteiger partial charge in [-0.25, -0.2) is 0 Å². The maximum atomic E-state index is 11.9. The Morgan fingerprint density at radius 1 is 1.38 bits per heavy atom. The average Bonchev–Trinajstić information content (AvgIpc) is 2.14. The number of halogens is 2. The quantitative estimate of drug-likeness (QED) is 0.776. The van der Waals surface area contributed by atoms with Gasteiger partial charge in [-0.3, -0.25) is 4.79 Å². The van der Waals surface area contributed by atoms with Crippen molar-refractivity contribution in [3.63, 3.8) is 0 Å². The van der Waals surface area contributed by atoms with Crippen molar-refractivity contribution in [2.75, 3.05) is 13.1 Å². The van der Waals surface area contributed by atoms with Crippen molar-refractivity contribution in [2.45, 2.75) is 12.0 Å². The minimum Gasteiger partial charge on any atom is -0.483 e. The average molecular weight is 260 g/mol. The first-order chi connectivity index (χ1) is 7.19. The zero-order valence-corrected chi connectivity index (χ0v) is 10.0. The van der Waals surface area contributed by atoms with Crippen LogP contribution >= 0.6 is 24.0 Å². The maximum absolute atomic E-state index is 11.9. The molecule has 0 aromatic heterocycles. The Balaban J connectivity index is 0.000000963. The van der Waals surface area contributed by atoms with E-state index in [1.165, 1.54) is 0 Å². The minimum atomic E-state index is -0.311. The van der Waals surface area contributed by atoms with E-state index in [1.807, 2.05) is 0 Å². The monoisotopic (exact) mass is 259 g/mol. The molecule has 0 atom stereocenters. The second kappa shape index (κ2) is 3.91. The summed E-state index contributed by atoms with van der Waals surface area (Å²) in [5.41, 5.74) is 0.339. The predicted octanol–water partition coefficient (Wildman–Crippen LogP) is 2.07. The van der Waals surface area contributed by atoms with Gasteiger partial charge in [0.25, 0.3) is 0 Å². The van der Waals surface area contributed by atoms with Gasteiger partial charge >= 0.3 is 0 Å². The fourth-order valence-corrected chi connectivity index (χ4v) is 2.23. The van der Waals surface area contributed by atoms with Crippen LogP contribution < -0.4 is 10.1 Å². The Bertz CT molecular complexity index is 444. The van der Waals surface area contributed by atoms with Gasteiger partial charge in [0, 0.05) is 18.1 Å². The molecule has 0 saturated carbocycles. The second-order valence-electron chi connectivity index (χ2n) is 4.13. The lowest BCUT2D eigenvalue weighted by Crippen LogP contribution is -2.65. The highest BCUT2D eigenvalue weighted by atomic mass is 35.5. The molecule has 1 spiro atoms. The van der Waals surface area contributed by atoms with E-state index in [2.05, 4.69) is 5.32 Å². The molecule has 0 unspecified atom stereocenters. The largest absolute Gasteiger partial charge is 0.483 e. The minimum absolute atomic E-state index is 0. The normalized spacial score (nSPS) is 20.4. The van der Waals surface area contributed by atoms with Crippen molar-refractivity contribution in [3.05, 3.63) is 28.8 Å². The summed E-state index contributed by atoms with van der Waals surface area (Å²) < 4.78 is 5.84. The summed E-state index contributed by atoms with van der Waals surface area (Å²) in [6.45, 7) is 1.48. The van der Waals surface area contributed by atoms with Gasteiger partial charge < -0.3 is 10.1 Å². The summed E-state index contributed by atoms with van der Waals surface area (Å²) in [6.07, 6.45) is 0.467. The van der Waals surface area contributed by atoms with E-state index in [9.17, 15) is 4.79 Å². The third kappa shape index (κ3) is 1.69. The van der Waals surface area contributed by atoms with Crippen LogP contribution in [0.2, 0.25) is 5.02 Å². The molecular weight excluding hydrogens is 249 g/mol. The number of ketones is 1. The number of benzene rings is 1. The summed E-state index contributed by atoms with van der Waals surface area (Å²) in [5, 5.41) is 3.73. The summed E-state index contributed by atoms with van der Waals surface area (Å²) in [4.78, 5) is 11.9. The number of hydrogen-bond acceptors (Lipinski definition) is 3. The molecule has 1 aromatic rings. The lowest BCUT2D eigenvalue weighted by Gasteiger charge is -2.44. The lowest BCUT2D eigenvalue weighted by molar-refractivity contribution is 0.00243. The van der Waals surface area contributed by atoms with E-state index in [0.717, 1.165) is 13.1 Å². The standard InChI is InChI=1S/C11H10ClNO2.ClH/c12-7-1-2-8-9(14)4-11(5-13-6-11)15-10(8)3-7;/h1-3,13H,4-6H2;1H. The Kier molecular flexibility index (Phi) is 2.86. The van der Waals surface area contributed by atoms with Gasteiger partial charge in [0.1, 0.15) is 11.4 Å². The molecular formula is C11H11Cl2NO2. The van der Waals surface area contributed by atoms with Crippen LogP contribution in [0.5, 0.6) is 5.75 Å². The number of nitrogens with one attached hydrogen (secondary N) is 1. The van der Waals surface area contributed by atoms with Crippen LogP contribution in [0.25, 0.3) is 0 Å². The fraction of sp³-hybridized carbons (Fsp3) is 0.364. The van der Waals surface area contributed by atoms with Crippen LogP contribution in [-0.2, 0) is 0 Å². The Morgan fingerprint density at radius 2 is 2.12 bits per heavy atom. The first kappa shape index (κ1) is 11.7. The van der Waals surface area contributed by atoms with Crippen molar-refractivity contribution in [1.29, 1.82) is 0 Å². The van der Waals surface area contributed by atoms with Crippen molar-refractivity contribution < 1.29 is 9.53 Å². The van der Waals surface area contributed by atoms with Crippen LogP contribution in [0.1, 0.15) is 16.8 Å². The van der Waals surface area contributed by atoms with Crippen LogP contribution in [0.15, 0.2) is 18.2 Å². The molecule has 0 amide bonds. The van der Waals surface area contributed by atoms with Gasteiger partial charge in [0.05, 0.1) is 12.0 Å². The predicted molar refractivity (Wildman–Crippen MR) is 63.9 cm³/mol. The molecule has 1 N–H and O–H groups in total. The third-order valence-corrected chi connectivity index (χ3v) is 3.18. The molecule has 86 valence electrons. The topological polar surface area (TPSA) is 38.3 Å². The molecule has 5 heteroatoms. The van der Waals surface area contributed by atoms with Crippen LogP contribution in [0.4, 0.5) is 0 Å². The van der Waals surface area contributed by atoms with E-state index in [4.69, 9.17) is 16.3 Å². The molecule has 16 heavy (non-hydrogen) atoms. The number of Topliss-reactive ketones (excluding diaryl/α,β-unsaturated/α-hetero) is 1. The van der Waals surface area contributed by atoms with Crippen molar-refractivity contribution in [2.24, 2.45) is 0 Å². The van der Waals surface area contributed by atoms with Gasteiger partial charge in [-0.1, -0.05) is 11.6 Å². The molecule has 1 saturated heterocycles. The number of ether oxygens (including phenoxy) is 1. The highest BCUT2D eigenvalue weighted by Gasteiger charge is 2.45. The van der Waals surface area contributed by atoms with Crippen LogP contribution in [-0.4, -0.2) is 24.5 Å². The van der Waals surface area contributed by atoms with Gasteiger partial charge in [-0.15, -0.1) is 12.4 Å².